The van der Waals surface area contributed by atoms with Gasteiger partial charge in [0.2, 0.25) is 0 Å². The van der Waals surface area contributed by atoms with Crippen molar-refractivity contribution in [3.05, 3.63) is 103 Å². The van der Waals surface area contributed by atoms with E-state index in [0.29, 0.717) is 5.56 Å². The third-order valence-electron chi connectivity index (χ3n) is 12.0. The Kier molecular flexibility index (Phi) is 14.3. The monoisotopic (exact) mass is 951 g/mol. The van der Waals surface area contributed by atoms with Crippen LogP contribution < -0.4 is 4.57 Å². The molecule has 0 aliphatic heterocycles. The molecule has 55 heavy (non-hydrogen) atoms. The molecular formula is C47H59F3IrNO2S-. The fraction of sp³-hybridized carbons (Fsp3) is 0.447. The largest absolute Gasteiger partial charge is 0.512 e. The summed E-state index contributed by atoms with van der Waals surface area (Å²) >= 11 is 1.55. The number of carbonyl (C=O) groups is 1. The van der Waals surface area contributed by atoms with E-state index in [0.717, 1.165) is 68.1 Å². The van der Waals surface area contributed by atoms with E-state index in [-0.39, 0.29) is 54.3 Å². The molecule has 0 spiro atoms. The van der Waals surface area contributed by atoms with Crippen molar-refractivity contribution in [1.29, 1.82) is 0 Å². The Morgan fingerprint density at radius 3 is 1.84 bits per heavy atom. The molecule has 2 heterocycles. The van der Waals surface area contributed by atoms with Gasteiger partial charge in [-0.25, -0.2) is 0 Å². The molecule has 0 amide bonds. The Hall–Kier alpha value is -3.32. The second-order valence-corrected chi connectivity index (χ2v) is 18.0. The number of thiophene rings is 1. The van der Waals surface area contributed by atoms with Gasteiger partial charge in [-0.3, -0.25) is 4.79 Å². The van der Waals surface area contributed by atoms with Crippen LogP contribution in [0.2, 0.25) is 0 Å². The van der Waals surface area contributed by atoms with Crippen molar-refractivity contribution in [2.24, 2.45) is 16.2 Å². The fourth-order valence-corrected chi connectivity index (χ4v) is 8.23. The number of hydrogen-bond donors (Lipinski definition) is 1. The normalized spacial score (nSPS) is 13.2. The molecule has 0 atom stereocenters. The maximum atomic E-state index is 13.8. The van der Waals surface area contributed by atoms with E-state index in [4.69, 9.17) is 0 Å². The standard InChI is InChI=1S/C32H31F3NS.C15H28O2.Ir/c1-19-21-12-8-9-13-22(21)26(30(2,3)4)17-25(19)27-29-24(15-16-36(27)7)23-14-10-11-20(28(23)37-29)18-31(5,6)32(33,34)35;1-7-14(5,8-2)12(16)11-13(17)15(6,9-3)10-4;/h8-17H,1,7,18H2,2-6H3;11,16H,7-10H2,1-6H3;/q-1;;/b;12-11-;. The Balaban J connectivity index is 0.000000385. The number of hydrogen-bond acceptors (Lipinski definition) is 3. The van der Waals surface area contributed by atoms with Gasteiger partial charge in [0.1, 0.15) is 5.76 Å². The van der Waals surface area contributed by atoms with Gasteiger partial charge in [-0.05, 0) is 59.9 Å². The minimum Gasteiger partial charge on any atom is -0.512 e. The van der Waals surface area contributed by atoms with Crippen LogP contribution in [-0.2, 0) is 36.7 Å². The summed E-state index contributed by atoms with van der Waals surface area (Å²) < 4.78 is 45.0. The number of pyridine rings is 1. The smallest absolute Gasteiger partial charge is 0.394 e. The first-order valence-corrected chi connectivity index (χ1v) is 19.9. The van der Waals surface area contributed by atoms with Crippen LogP contribution in [0.3, 0.4) is 0 Å². The molecule has 5 aromatic rings. The third-order valence-corrected chi connectivity index (χ3v) is 13.3. The molecule has 0 aliphatic rings. The van der Waals surface area contributed by atoms with E-state index < -0.39 is 11.6 Å². The minimum absolute atomic E-state index is 0. The van der Waals surface area contributed by atoms with Gasteiger partial charge in [0.15, 0.2) is 5.78 Å². The van der Waals surface area contributed by atoms with Crippen LogP contribution in [0.4, 0.5) is 13.2 Å². The van der Waals surface area contributed by atoms with Crippen molar-refractivity contribution in [2.45, 2.75) is 120 Å². The van der Waals surface area contributed by atoms with Gasteiger partial charge >= 0.3 is 6.18 Å². The predicted molar refractivity (Wildman–Crippen MR) is 223 cm³/mol. The van der Waals surface area contributed by atoms with Crippen molar-refractivity contribution >= 4 is 48.1 Å². The number of aliphatic hydroxyl groups excluding tert-OH is 1. The van der Waals surface area contributed by atoms with Crippen molar-refractivity contribution in [3.8, 4) is 11.3 Å². The number of halogens is 3. The molecule has 0 fully saturated rings. The maximum Gasteiger partial charge on any atom is 0.394 e. The molecule has 1 N–H and O–H groups in total. The quantitative estimate of drug-likeness (QED) is 0.0656. The van der Waals surface area contributed by atoms with Crippen molar-refractivity contribution < 1.29 is 47.7 Å². The summed E-state index contributed by atoms with van der Waals surface area (Å²) in [5, 5.41) is 14.4. The third kappa shape index (κ3) is 9.13. The van der Waals surface area contributed by atoms with E-state index in [1.165, 1.54) is 30.9 Å². The molecule has 301 valence electrons. The SMILES string of the molecule is CCC(C)(CC)C(=O)/C=C(\O)C(C)(CC)CC.[CH2-]c1c(-c2c3sc4c(CC(C)(C)C(F)(F)F)cccc4c3cc[n+]2[CH2-])cc(C(C)(C)C)c2ccccc12.[Ir]. The maximum absolute atomic E-state index is 13.8. The summed E-state index contributed by atoms with van der Waals surface area (Å²) in [6.07, 6.45) is 2.32. The van der Waals surface area contributed by atoms with Gasteiger partial charge in [-0.15, -0.1) is 34.4 Å². The average molecular weight is 951 g/mol. The number of nitrogens with zero attached hydrogens (tertiary/aromatic N) is 1. The van der Waals surface area contributed by atoms with Crippen LogP contribution in [0.15, 0.2) is 72.6 Å². The Morgan fingerprint density at radius 2 is 1.31 bits per heavy atom. The van der Waals surface area contributed by atoms with Crippen LogP contribution in [-0.4, -0.2) is 17.1 Å². The van der Waals surface area contributed by atoms with Crippen LogP contribution >= 0.6 is 11.3 Å². The molecular weight excluding hydrogens is 892 g/mol. The number of carbonyl (C=O) groups excluding carboxylic acids is 1. The summed E-state index contributed by atoms with van der Waals surface area (Å²) in [5.74, 6) is 0.286. The van der Waals surface area contributed by atoms with Gasteiger partial charge in [0, 0.05) is 53.5 Å². The predicted octanol–water partition coefficient (Wildman–Crippen LogP) is 14.1. The van der Waals surface area contributed by atoms with E-state index in [9.17, 15) is 23.1 Å². The average Bonchev–Trinajstić information content (AvgIpc) is 3.50. The number of rotatable bonds is 10. The number of fused-ring (bicyclic) bond motifs is 4. The molecule has 0 saturated carbocycles. The van der Waals surface area contributed by atoms with Crippen LogP contribution in [0.25, 0.3) is 42.2 Å². The number of benzene rings is 3. The first-order chi connectivity index (χ1) is 25.0. The zero-order valence-electron chi connectivity index (χ0n) is 34.5. The van der Waals surface area contributed by atoms with E-state index in [2.05, 4.69) is 59.0 Å². The number of allylic oxidation sites excluding steroid dienone is 2. The van der Waals surface area contributed by atoms with Crippen LogP contribution in [0.5, 0.6) is 0 Å². The number of aliphatic hydroxyl groups is 1. The zero-order valence-corrected chi connectivity index (χ0v) is 37.7. The van der Waals surface area contributed by atoms with Crippen molar-refractivity contribution in [2.75, 3.05) is 0 Å². The number of ketones is 1. The van der Waals surface area contributed by atoms with Gasteiger partial charge in [0.05, 0.1) is 17.3 Å². The van der Waals surface area contributed by atoms with Crippen LogP contribution in [0, 0.1) is 30.2 Å². The molecule has 3 aromatic carbocycles. The first-order valence-electron chi connectivity index (χ1n) is 19.1. The van der Waals surface area contributed by atoms with Gasteiger partial charge in [0.25, 0.3) is 0 Å². The number of aromatic nitrogens is 1. The minimum atomic E-state index is -4.29. The summed E-state index contributed by atoms with van der Waals surface area (Å²) in [6, 6.07) is 18.2. The molecule has 0 aliphatic carbocycles. The Bertz CT molecular complexity index is 2180. The Labute approximate surface area is 344 Å². The summed E-state index contributed by atoms with van der Waals surface area (Å²) in [7, 11) is 4.29. The molecule has 3 nitrogen and oxygen atoms in total. The van der Waals surface area contributed by atoms with Gasteiger partial charge < -0.3 is 9.67 Å². The Morgan fingerprint density at radius 1 is 0.782 bits per heavy atom. The topological polar surface area (TPSA) is 41.2 Å². The molecule has 0 saturated heterocycles. The number of alkyl halides is 3. The fourth-order valence-electron chi connectivity index (χ4n) is 6.85. The zero-order chi connectivity index (χ0) is 40.6. The molecule has 0 bridgehead atoms. The molecule has 2 aromatic heterocycles. The van der Waals surface area contributed by atoms with Crippen molar-refractivity contribution in [1.82, 2.24) is 0 Å². The van der Waals surface area contributed by atoms with Gasteiger partial charge in [-0.1, -0.05) is 124 Å². The second kappa shape index (κ2) is 17.0. The molecule has 5 rings (SSSR count). The summed E-state index contributed by atoms with van der Waals surface area (Å²) in [4.78, 5) is 12.2. The van der Waals surface area contributed by atoms with Crippen molar-refractivity contribution in [3.63, 3.8) is 0 Å². The molecule has 8 heteroatoms. The summed E-state index contributed by atoms with van der Waals surface area (Å²) in [5.41, 5.74) is 2.25. The summed E-state index contributed by atoms with van der Waals surface area (Å²) in [6.45, 7) is 25.7. The second-order valence-electron chi connectivity index (χ2n) is 17.0. The van der Waals surface area contributed by atoms with Crippen LogP contribution in [0.1, 0.15) is 119 Å². The van der Waals surface area contributed by atoms with E-state index in [1.54, 1.807) is 11.3 Å². The van der Waals surface area contributed by atoms with Gasteiger partial charge in [-0.2, -0.15) is 25.7 Å². The molecule has 1 radical (unpaired) electrons. The first kappa shape index (κ1) is 46.1. The molecule has 0 unspecified atom stereocenters. The van der Waals surface area contributed by atoms with E-state index >= 15 is 0 Å². The van der Waals surface area contributed by atoms with E-state index in [1.807, 2.05) is 82.6 Å².